The molecule has 0 bridgehead atoms. The summed E-state index contributed by atoms with van der Waals surface area (Å²) in [5.74, 6) is 0.348. The molecule has 0 saturated heterocycles. The molecule has 8 nitrogen and oxygen atoms in total. The summed E-state index contributed by atoms with van der Waals surface area (Å²) in [6, 6.07) is 5.79. The smallest absolute Gasteiger partial charge is 0.313 e. The van der Waals surface area contributed by atoms with Crippen molar-refractivity contribution in [2.24, 2.45) is 5.41 Å². The molecular formula is C27H38O8. The zero-order chi connectivity index (χ0) is 26.3. The lowest BCUT2D eigenvalue weighted by Crippen LogP contribution is -2.22. The number of esters is 2. The summed E-state index contributed by atoms with van der Waals surface area (Å²) in [5, 5.41) is 0. The number of carbonyl (C=O) groups is 3. The van der Waals surface area contributed by atoms with Crippen molar-refractivity contribution in [2.45, 2.75) is 52.9 Å². The van der Waals surface area contributed by atoms with Crippen molar-refractivity contribution < 1.29 is 38.1 Å². The second kappa shape index (κ2) is 15.7. The number of methoxy groups -OCH3 is 3. The van der Waals surface area contributed by atoms with Crippen molar-refractivity contribution in [3.8, 4) is 5.75 Å². The Bertz CT molecular complexity index is 893. The number of aryl methyl sites for hydroxylation is 1. The van der Waals surface area contributed by atoms with Crippen LogP contribution in [0.1, 0.15) is 57.6 Å². The highest BCUT2D eigenvalue weighted by Crippen LogP contribution is 2.22. The van der Waals surface area contributed by atoms with Gasteiger partial charge in [-0.15, -0.1) is 0 Å². The Labute approximate surface area is 208 Å². The maximum atomic E-state index is 12.0. The molecule has 0 amide bonds. The van der Waals surface area contributed by atoms with Crippen molar-refractivity contribution >= 4 is 23.8 Å². The largest absolute Gasteiger partial charge is 0.497 e. The van der Waals surface area contributed by atoms with Gasteiger partial charge < -0.3 is 23.7 Å². The average molecular weight is 491 g/mol. The van der Waals surface area contributed by atoms with Crippen molar-refractivity contribution in [2.75, 3.05) is 34.7 Å². The predicted octanol–water partition coefficient (Wildman–Crippen LogP) is 4.65. The Balaban J connectivity index is 2.83. The zero-order valence-corrected chi connectivity index (χ0v) is 21.7. The van der Waals surface area contributed by atoms with Gasteiger partial charge >= 0.3 is 11.9 Å². The maximum absolute atomic E-state index is 12.0. The highest BCUT2D eigenvalue weighted by molar-refractivity contribution is 5.95. The van der Waals surface area contributed by atoms with Gasteiger partial charge in [0.2, 0.25) is 0 Å². The number of Topliss-reactive ketones (excluding diaryl/α,β-unsaturated/α-hetero) is 1. The van der Waals surface area contributed by atoms with Crippen LogP contribution in [-0.2, 0) is 39.8 Å². The average Bonchev–Trinajstić information content (AvgIpc) is 2.82. The fraction of sp³-hybridized carbons (Fsp3) is 0.519. The molecule has 0 aromatic heterocycles. The van der Waals surface area contributed by atoms with Gasteiger partial charge in [-0.1, -0.05) is 12.1 Å². The molecule has 0 radical (unpaired) electrons. The lowest BCUT2D eigenvalue weighted by Gasteiger charge is -2.15. The molecule has 0 atom stereocenters. The van der Waals surface area contributed by atoms with Gasteiger partial charge in [0.05, 0.1) is 25.4 Å². The molecule has 1 rings (SSSR count). The lowest BCUT2D eigenvalue weighted by molar-refractivity contribution is -0.151. The van der Waals surface area contributed by atoms with E-state index in [1.54, 1.807) is 7.11 Å². The summed E-state index contributed by atoms with van der Waals surface area (Å²) < 4.78 is 25.8. The van der Waals surface area contributed by atoms with E-state index in [9.17, 15) is 14.4 Å². The van der Waals surface area contributed by atoms with E-state index >= 15 is 0 Å². The number of ether oxygens (including phenoxy) is 5. The molecule has 0 spiro atoms. The monoisotopic (exact) mass is 490 g/mol. The Hall–Kier alpha value is -3.13. The second-order valence-corrected chi connectivity index (χ2v) is 8.87. The van der Waals surface area contributed by atoms with E-state index < -0.39 is 11.4 Å². The Morgan fingerprint density at radius 2 is 1.74 bits per heavy atom. The maximum Gasteiger partial charge on any atom is 0.313 e. The summed E-state index contributed by atoms with van der Waals surface area (Å²) in [4.78, 5) is 35.2. The number of hydrogen-bond acceptors (Lipinski definition) is 8. The summed E-state index contributed by atoms with van der Waals surface area (Å²) in [5.41, 5.74) is 1.49. The first kappa shape index (κ1) is 29.9. The van der Waals surface area contributed by atoms with Crippen molar-refractivity contribution in [1.29, 1.82) is 0 Å². The molecule has 194 valence electrons. The predicted molar refractivity (Wildman–Crippen MR) is 133 cm³/mol. The Kier molecular flexibility index (Phi) is 13.4. The summed E-state index contributed by atoms with van der Waals surface area (Å²) >= 11 is 0. The lowest BCUT2D eigenvalue weighted by atomic mass is 9.97. The van der Waals surface area contributed by atoms with E-state index in [0.29, 0.717) is 25.0 Å². The van der Waals surface area contributed by atoms with E-state index in [4.69, 9.17) is 18.9 Å². The molecule has 0 saturated carbocycles. The second-order valence-electron chi connectivity index (χ2n) is 8.87. The highest BCUT2D eigenvalue weighted by atomic mass is 16.7. The minimum atomic E-state index is -0.551. The van der Waals surface area contributed by atoms with Gasteiger partial charge in [0, 0.05) is 20.0 Å². The minimum absolute atomic E-state index is 0.0669. The van der Waals surface area contributed by atoms with Crippen LogP contribution in [0.5, 0.6) is 5.75 Å². The standard InChI is InChI=1S/C27H38O8/c1-27(2,3)26(30)34-16-8-10-20-12-14-24(32-5)17-21(20)9-7-11-23(35-19-31-4)15-13-22(28)18-25(29)33-6/h8,10-12,14,17H,7,9,13,15-16,18-19H2,1-6H3/b10-8+,23-11+. The van der Waals surface area contributed by atoms with Gasteiger partial charge in [-0.2, -0.15) is 0 Å². The fourth-order valence-electron chi connectivity index (χ4n) is 2.94. The van der Waals surface area contributed by atoms with Gasteiger partial charge in [-0.05, 0) is 69.0 Å². The van der Waals surface area contributed by atoms with Crippen LogP contribution in [-0.4, -0.2) is 52.5 Å². The molecule has 0 fully saturated rings. The third kappa shape index (κ3) is 12.2. The first-order valence-electron chi connectivity index (χ1n) is 11.5. The fourth-order valence-corrected chi connectivity index (χ4v) is 2.94. The van der Waals surface area contributed by atoms with Crippen molar-refractivity contribution in [3.63, 3.8) is 0 Å². The Morgan fingerprint density at radius 3 is 2.37 bits per heavy atom. The van der Waals surface area contributed by atoms with E-state index in [1.807, 2.05) is 57.2 Å². The van der Waals surface area contributed by atoms with Crippen LogP contribution in [0.25, 0.3) is 6.08 Å². The normalized spacial score (nSPS) is 11.9. The van der Waals surface area contributed by atoms with Crippen LogP contribution in [0.4, 0.5) is 0 Å². The van der Waals surface area contributed by atoms with Crippen LogP contribution in [0.15, 0.2) is 36.1 Å². The number of hydrogen-bond donors (Lipinski definition) is 0. The van der Waals surface area contributed by atoms with Gasteiger partial charge in [-0.3, -0.25) is 14.4 Å². The summed E-state index contributed by atoms with van der Waals surface area (Å²) in [6.07, 6.45) is 7.27. The molecule has 0 N–H and O–H groups in total. The third-order valence-corrected chi connectivity index (χ3v) is 4.94. The van der Waals surface area contributed by atoms with Gasteiger partial charge in [-0.25, -0.2) is 0 Å². The third-order valence-electron chi connectivity index (χ3n) is 4.94. The number of ketones is 1. The molecule has 8 heteroatoms. The number of carbonyl (C=O) groups excluding carboxylic acids is 3. The number of benzene rings is 1. The molecular weight excluding hydrogens is 452 g/mol. The van der Waals surface area contributed by atoms with Gasteiger partial charge in [0.25, 0.3) is 0 Å². The van der Waals surface area contributed by atoms with Crippen LogP contribution < -0.4 is 4.74 Å². The van der Waals surface area contributed by atoms with Crippen molar-refractivity contribution in [1.82, 2.24) is 0 Å². The van der Waals surface area contributed by atoms with E-state index in [0.717, 1.165) is 16.9 Å². The van der Waals surface area contributed by atoms with Gasteiger partial charge in [0.15, 0.2) is 6.79 Å². The number of rotatable bonds is 15. The molecule has 0 aliphatic heterocycles. The minimum Gasteiger partial charge on any atom is -0.497 e. The van der Waals surface area contributed by atoms with E-state index in [1.165, 1.54) is 14.2 Å². The first-order chi connectivity index (χ1) is 16.6. The summed E-state index contributed by atoms with van der Waals surface area (Å²) in [7, 11) is 4.39. The van der Waals surface area contributed by atoms with E-state index in [2.05, 4.69) is 4.74 Å². The van der Waals surface area contributed by atoms with E-state index in [-0.39, 0.29) is 38.0 Å². The first-order valence-corrected chi connectivity index (χ1v) is 11.5. The molecule has 1 aromatic carbocycles. The van der Waals surface area contributed by atoms with Crippen LogP contribution in [0.3, 0.4) is 0 Å². The van der Waals surface area contributed by atoms with Crippen molar-refractivity contribution in [3.05, 3.63) is 47.2 Å². The Morgan fingerprint density at radius 1 is 1.00 bits per heavy atom. The molecule has 0 heterocycles. The van der Waals surface area contributed by atoms with Gasteiger partial charge in [0.1, 0.15) is 24.6 Å². The molecule has 1 aromatic rings. The number of allylic oxidation sites excluding steroid dienone is 2. The topological polar surface area (TPSA) is 97.4 Å². The van der Waals surface area contributed by atoms with Crippen LogP contribution in [0.2, 0.25) is 0 Å². The summed E-state index contributed by atoms with van der Waals surface area (Å²) in [6.45, 7) is 5.70. The van der Waals surface area contributed by atoms with Crippen LogP contribution in [0, 0.1) is 5.41 Å². The SMILES string of the molecule is COCO/C(=C/CCc1cc(OC)ccc1/C=C/COC(=O)C(C)(C)C)CCC(=O)CC(=O)OC. The highest BCUT2D eigenvalue weighted by Gasteiger charge is 2.22. The molecule has 35 heavy (non-hydrogen) atoms. The quantitative estimate of drug-likeness (QED) is 0.152. The molecule has 0 aliphatic rings. The molecule has 0 unspecified atom stereocenters. The molecule has 0 aliphatic carbocycles. The van der Waals surface area contributed by atoms with Crippen LogP contribution >= 0.6 is 0 Å². The zero-order valence-electron chi connectivity index (χ0n) is 21.7.